The highest BCUT2D eigenvalue weighted by molar-refractivity contribution is 6.37. The molecule has 0 spiro atoms. The molecular weight excluding hydrogens is 375 g/mol. The SMILES string of the molecule is O=C(O)c1ccc2nc3n(c(=O)c2c1)CC/C3=C\c1c(Cl)cccc1Cl. The number of aromatic carboxylic acids is 1. The lowest BCUT2D eigenvalue weighted by molar-refractivity contribution is 0.0697. The first kappa shape index (κ1) is 16.8. The van der Waals surface area contributed by atoms with Gasteiger partial charge in [0.05, 0.1) is 16.5 Å². The predicted octanol–water partition coefficient (Wildman–Crippen LogP) is 4.35. The molecule has 0 atom stereocenters. The largest absolute Gasteiger partial charge is 0.478 e. The number of halogens is 2. The van der Waals surface area contributed by atoms with Crippen molar-refractivity contribution in [3.05, 3.63) is 73.7 Å². The van der Waals surface area contributed by atoms with E-state index in [0.29, 0.717) is 45.3 Å². The van der Waals surface area contributed by atoms with Crippen LogP contribution in [0.4, 0.5) is 0 Å². The van der Waals surface area contributed by atoms with Crippen LogP contribution in [0, 0.1) is 0 Å². The Labute approximate surface area is 158 Å². The maximum absolute atomic E-state index is 12.8. The zero-order valence-electron chi connectivity index (χ0n) is 13.4. The second-order valence-electron chi connectivity index (χ2n) is 5.98. The third kappa shape index (κ3) is 2.69. The number of aromatic nitrogens is 2. The maximum Gasteiger partial charge on any atom is 0.335 e. The minimum atomic E-state index is -1.08. The van der Waals surface area contributed by atoms with Crippen LogP contribution >= 0.6 is 23.2 Å². The lowest BCUT2D eigenvalue weighted by Gasteiger charge is -2.07. The quantitative estimate of drug-likeness (QED) is 0.710. The van der Waals surface area contributed by atoms with E-state index in [1.165, 1.54) is 12.1 Å². The first-order chi connectivity index (χ1) is 12.5. The van der Waals surface area contributed by atoms with Crippen molar-refractivity contribution in [1.29, 1.82) is 0 Å². The number of nitrogens with zero attached hydrogens (tertiary/aromatic N) is 2. The van der Waals surface area contributed by atoms with Gasteiger partial charge in [-0.1, -0.05) is 29.3 Å². The summed E-state index contributed by atoms with van der Waals surface area (Å²) >= 11 is 12.5. The van der Waals surface area contributed by atoms with Gasteiger partial charge in [-0.15, -0.1) is 0 Å². The summed E-state index contributed by atoms with van der Waals surface area (Å²) in [5.74, 6) is -0.521. The van der Waals surface area contributed by atoms with Gasteiger partial charge in [-0.25, -0.2) is 9.78 Å². The Balaban J connectivity index is 1.91. The minimum Gasteiger partial charge on any atom is -0.478 e. The van der Waals surface area contributed by atoms with Crippen LogP contribution in [0.2, 0.25) is 10.0 Å². The molecule has 0 unspecified atom stereocenters. The summed E-state index contributed by atoms with van der Waals surface area (Å²) in [6.45, 7) is 0.475. The zero-order chi connectivity index (χ0) is 18.4. The summed E-state index contributed by atoms with van der Waals surface area (Å²) in [7, 11) is 0. The minimum absolute atomic E-state index is 0.0635. The van der Waals surface area contributed by atoms with Crippen molar-refractivity contribution >= 4 is 51.7 Å². The number of hydrogen-bond donors (Lipinski definition) is 1. The summed E-state index contributed by atoms with van der Waals surface area (Å²) in [6, 6.07) is 9.64. The first-order valence-corrected chi connectivity index (χ1v) is 8.64. The number of hydrogen-bond acceptors (Lipinski definition) is 3. The van der Waals surface area contributed by atoms with Gasteiger partial charge in [0.15, 0.2) is 0 Å². The van der Waals surface area contributed by atoms with Crippen LogP contribution in [0.3, 0.4) is 0 Å². The van der Waals surface area contributed by atoms with Crippen molar-refractivity contribution in [3.63, 3.8) is 0 Å². The van der Waals surface area contributed by atoms with Gasteiger partial charge in [0, 0.05) is 22.2 Å². The average Bonchev–Trinajstić information content (AvgIpc) is 3.01. The number of carbonyl (C=O) groups is 1. The molecule has 0 bridgehead atoms. The topological polar surface area (TPSA) is 72.2 Å². The van der Waals surface area contributed by atoms with Crippen molar-refractivity contribution in [2.24, 2.45) is 0 Å². The molecule has 2 heterocycles. The second kappa shape index (κ2) is 6.27. The van der Waals surface area contributed by atoms with E-state index in [1.807, 2.05) is 6.08 Å². The second-order valence-corrected chi connectivity index (χ2v) is 6.80. The summed E-state index contributed by atoms with van der Waals surface area (Å²) in [4.78, 5) is 28.5. The Hall–Kier alpha value is -2.63. The highest BCUT2D eigenvalue weighted by Crippen LogP contribution is 2.32. The molecule has 1 aliphatic heterocycles. The van der Waals surface area contributed by atoms with Gasteiger partial charge in [-0.05, 0) is 48.4 Å². The number of rotatable bonds is 2. The van der Waals surface area contributed by atoms with Crippen LogP contribution in [-0.4, -0.2) is 20.6 Å². The fourth-order valence-corrected chi connectivity index (χ4v) is 3.62. The van der Waals surface area contributed by atoms with E-state index in [0.717, 1.165) is 5.57 Å². The molecule has 0 fully saturated rings. The lowest BCUT2D eigenvalue weighted by atomic mass is 10.1. The van der Waals surface area contributed by atoms with Crippen LogP contribution in [0.25, 0.3) is 22.6 Å². The van der Waals surface area contributed by atoms with Crippen LogP contribution in [-0.2, 0) is 6.54 Å². The van der Waals surface area contributed by atoms with E-state index in [9.17, 15) is 9.59 Å². The van der Waals surface area contributed by atoms with Crippen LogP contribution in [0.5, 0.6) is 0 Å². The van der Waals surface area contributed by atoms with E-state index >= 15 is 0 Å². The molecule has 0 radical (unpaired) electrons. The number of benzene rings is 2. The Morgan fingerprint density at radius 3 is 2.62 bits per heavy atom. The molecule has 130 valence electrons. The van der Waals surface area contributed by atoms with E-state index < -0.39 is 5.97 Å². The normalized spacial score (nSPS) is 14.8. The number of carboxylic acid groups (broad SMARTS) is 1. The molecule has 3 aromatic rings. The van der Waals surface area contributed by atoms with E-state index in [1.54, 1.807) is 28.8 Å². The Morgan fingerprint density at radius 2 is 1.92 bits per heavy atom. The van der Waals surface area contributed by atoms with E-state index in [4.69, 9.17) is 28.3 Å². The van der Waals surface area contributed by atoms with Gasteiger partial charge in [-0.2, -0.15) is 0 Å². The molecule has 2 aromatic carbocycles. The molecule has 0 amide bonds. The summed E-state index contributed by atoms with van der Waals surface area (Å²) in [5.41, 5.74) is 1.83. The van der Waals surface area contributed by atoms with Gasteiger partial charge in [-0.3, -0.25) is 9.36 Å². The summed E-state index contributed by atoms with van der Waals surface area (Å²) in [6.07, 6.45) is 2.47. The number of carboxylic acids is 1. The van der Waals surface area contributed by atoms with Crippen LogP contribution < -0.4 is 5.56 Å². The van der Waals surface area contributed by atoms with Gasteiger partial charge < -0.3 is 5.11 Å². The van der Waals surface area contributed by atoms with Crippen LogP contribution in [0.15, 0.2) is 41.2 Å². The molecule has 26 heavy (non-hydrogen) atoms. The van der Waals surface area contributed by atoms with Crippen molar-refractivity contribution in [3.8, 4) is 0 Å². The fourth-order valence-electron chi connectivity index (χ4n) is 3.11. The molecule has 0 saturated carbocycles. The Bertz CT molecular complexity index is 1150. The van der Waals surface area contributed by atoms with Gasteiger partial charge in [0.25, 0.3) is 5.56 Å². The van der Waals surface area contributed by atoms with Gasteiger partial charge in [0.2, 0.25) is 0 Å². The van der Waals surface area contributed by atoms with Gasteiger partial charge >= 0.3 is 5.97 Å². The van der Waals surface area contributed by atoms with Crippen molar-refractivity contribution in [2.45, 2.75) is 13.0 Å². The maximum atomic E-state index is 12.8. The standard InChI is InChI=1S/C19H12Cl2N2O3/c20-14-2-1-3-15(21)12(14)8-10-6-7-23-17(10)22-16-5-4-11(19(25)26)9-13(16)18(23)24/h1-5,8-9H,6-7H2,(H,25,26)/b10-8+. The Morgan fingerprint density at radius 1 is 1.19 bits per heavy atom. The summed E-state index contributed by atoms with van der Waals surface area (Å²) in [5, 5.41) is 10.5. The molecule has 0 aliphatic carbocycles. The number of allylic oxidation sites excluding steroid dienone is 1. The molecule has 4 rings (SSSR count). The molecule has 7 heteroatoms. The Kier molecular flexibility index (Phi) is 4.05. The average molecular weight is 387 g/mol. The monoisotopic (exact) mass is 386 g/mol. The molecule has 1 aromatic heterocycles. The third-order valence-corrected chi connectivity index (χ3v) is 5.07. The smallest absolute Gasteiger partial charge is 0.335 e. The fraction of sp³-hybridized carbons (Fsp3) is 0.105. The molecule has 0 saturated heterocycles. The van der Waals surface area contributed by atoms with E-state index in [-0.39, 0.29) is 11.1 Å². The highest BCUT2D eigenvalue weighted by atomic mass is 35.5. The number of fused-ring (bicyclic) bond motifs is 2. The molecule has 1 N–H and O–H groups in total. The predicted molar refractivity (Wildman–Crippen MR) is 102 cm³/mol. The highest BCUT2D eigenvalue weighted by Gasteiger charge is 2.22. The van der Waals surface area contributed by atoms with Crippen molar-refractivity contribution < 1.29 is 9.90 Å². The third-order valence-electron chi connectivity index (χ3n) is 4.41. The zero-order valence-corrected chi connectivity index (χ0v) is 14.9. The van der Waals surface area contributed by atoms with E-state index in [2.05, 4.69) is 4.98 Å². The van der Waals surface area contributed by atoms with Crippen LogP contribution in [0.1, 0.15) is 28.2 Å². The van der Waals surface area contributed by atoms with Gasteiger partial charge in [0.1, 0.15) is 5.82 Å². The summed E-state index contributed by atoms with van der Waals surface area (Å²) < 4.78 is 1.56. The molecule has 5 nitrogen and oxygen atoms in total. The van der Waals surface area contributed by atoms with Crippen molar-refractivity contribution in [1.82, 2.24) is 9.55 Å². The van der Waals surface area contributed by atoms with Crippen molar-refractivity contribution in [2.75, 3.05) is 0 Å². The lowest BCUT2D eigenvalue weighted by Crippen LogP contribution is -2.21. The molecular formula is C19H12Cl2N2O3. The molecule has 1 aliphatic rings. The first-order valence-electron chi connectivity index (χ1n) is 7.88.